The molecule has 0 unspecified atom stereocenters. The van der Waals surface area contributed by atoms with Crippen molar-refractivity contribution in [2.45, 2.75) is 5.41 Å². The molecule has 10 aromatic rings. The first kappa shape index (κ1) is 31.0. The van der Waals surface area contributed by atoms with Gasteiger partial charge < -0.3 is 4.42 Å². The molecule has 0 saturated carbocycles. The van der Waals surface area contributed by atoms with Gasteiger partial charge in [0.05, 0.1) is 5.41 Å². The molecule has 2 aliphatic carbocycles. The van der Waals surface area contributed by atoms with Gasteiger partial charge in [-0.3, -0.25) is 0 Å². The molecule has 0 bridgehead atoms. The lowest BCUT2D eigenvalue weighted by atomic mass is 9.70. The molecular weight excluding hydrogens is 683 g/mol. The Morgan fingerprint density at radius 2 is 0.839 bits per heavy atom. The van der Waals surface area contributed by atoms with E-state index in [1.54, 1.807) is 0 Å². The minimum Gasteiger partial charge on any atom is -0.456 e. The lowest BCUT2D eigenvalue weighted by molar-refractivity contribution is 0.669. The lowest BCUT2D eigenvalue weighted by Crippen LogP contribution is -2.25. The Balaban J connectivity index is 1.07. The third-order valence-corrected chi connectivity index (χ3v) is 11.8. The lowest BCUT2D eigenvalue weighted by Gasteiger charge is -2.30. The number of fused-ring (bicyclic) bond motifs is 13. The summed E-state index contributed by atoms with van der Waals surface area (Å²) in [4.78, 5) is 15.5. The molecule has 56 heavy (non-hydrogen) atoms. The summed E-state index contributed by atoms with van der Waals surface area (Å²) in [6.07, 6.45) is 0. The second kappa shape index (κ2) is 11.8. The highest BCUT2D eigenvalue weighted by atomic mass is 16.3. The van der Waals surface area contributed by atoms with E-state index in [1.807, 2.05) is 60.7 Å². The number of furan rings is 1. The molecule has 260 valence electrons. The quantitative estimate of drug-likeness (QED) is 0.182. The summed E-state index contributed by atoms with van der Waals surface area (Å²) in [5.74, 6) is 1.84. The molecule has 8 aromatic carbocycles. The van der Waals surface area contributed by atoms with Gasteiger partial charge in [-0.25, -0.2) is 15.0 Å². The molecule has 1 spiro atoms. The van der Waals surface area contributed by atoms with E-state index in [9.17, 15) is 0 Å². The van der Waals surface area contributed by atoms with Gasteiger partial charge in [0, 0.05) is 27.5 Å². The number of benzene rings is 8. The SMILES string of the molecule is c1ccc(-c2nc(-c3cccc(-c4cccc5c4-c4ccccc4C54c5ccccc5-c5ccccc54)c3)nc(-c3cccc4oc5ccccc5c34)n2)cc1. The van der Waals surface area contributed by atoms with Gasteiger partial charge in [0.2, 0.25) is 0 Å². The molecule has 0 saturated heterocycles. The first-order chi connectivity index (χ1) is 27.8. The standard InChI is InChI=1S/C52H31N3O/c1-2-15-32(16-3-1)49-53-50(55-51(54-49)40-24-14-30-46-48(40)39-22-7-11-29-45(39)56-46)34-18-12-17-33(31-34)35-23-13-28-44-47(35)38-21-6-10-27-43(38)52(44)41-25-8-4-19-36(41)37-20-5-9-26-42(37)52/h1-31H. The maximum Gasteiger partial charge on any atom is 0.164 e. The molecule has 4 nitrogen and oxygen atoms in total. The van der Waals surface area contributed by atoms with Crippen LogP contribution in [0.5, 0.6) is 0 Å². The highest BCUT2D eigenvalue weighted by Gasteiger charge is 2.51. The topological polar surface area (TPSA) is 51.8 Å². The zero-order valence-corrected chi connectivity index (χ0v) is 30.1. The Morgan fingerprint density at radius 1 is 0.339 bits per heavy atom. The largest absolute Gasteiger partial charge is 0.456 e. The van der Waals surface area contributed by atoms with Crippen molar-refractivity contribution in [3.63, 3.8) is 0 Å². The van der Waals surface area contributed by atoms with Gasteiger partial charge in [-0.1, -0.05) is 170 Å². The number of aromatic nitrogens is 3. The smallest absolute Gasteiger partial charge is 0.164 e. The molecule has 2 aromatic heterocycles. The average molecular weight is 714 g/mol. The molecule has 0 amide bonds. The van der Waals surface area contributed by atoms with E-state index in [1.165, 1.54) is 50.1 Å². The second-order valence-corrected chi connectivity index (χ2v) is 14.6. The molecule has 0 atom stereocenters. The van der Waals surface area contributed by atoms with E-state index in [-0.39, 0.29) is 0 Å². The van der Waals surface area contributed by atoms with Crippen LogP contribution in [-0.2, 0) is 5.41 Å². The Hall–Kier alpha value is -7.43. The monoisotopic (exact) mass is 713 g/mol. The predicted molar refractivity (Wildman–Crippen MR) is 225 cm³/mol. The number of hydrogen-bond donors (Lipinski definition) is 0. The van der Waals surface area contributed by atoms with Crippen molar-refractivity contribution in [2.24, 2.45) is 0 Å². The van der Waals surface area contributed by atoms with Crippen LogP contribution in [0.15, 0.2) is 192 Å². The van der Waals surface area contributed by atoms with Crippen LogP contribution in [0.2, 0.25) is 0 Å². The fourth-order valence-corrected chi connectivity index (χ4v) is 9.51. The minimum atomic E-state index is -0.404. The van der Waals surface area contributed by atoms with Crippen LogP contribution < -0.4 is 0 Å². The Labute approximate surface area is 323 Å². The van der Waals surface area contributed by atoms with Gasteiger partial charge in [0.25, 0.3) is 0 Å². The summed E-state index contributed by atoms with van der Waals surface area (Å²) >= 11 is 0. The molecule has 0 fully saturated rings. The predicted octanol–water partition coefficient (Wildman–Crippen LogP) is 12.8. The molecule has 2 heterocycles. The first-order valence-electron chi connectivity index (χ1n) is 19.0. The summed E-state index contributed by atoms with van der Waals surface area (Å²) in [5, 5.41) is 2.03. The number of hydrogen-bond acceptors (Lipinski definition) is 4. The summed E-state index contributed by atoms with van der Waals surface area (Å²) in [5.41, 5.74) is 16.7. The van der Waals surface area contributed by atoms with Gasteiger partial charge >= 0.3 is 0 Å². The number of para-hydroxylation sites is 1. The van der Waals surface area contributed by atoms with E-state index in [2.05, 4.69) is 127 Å². The van der Waals surface area contributed by atoms with Crippen LogP contribution in [0.4, 0.5) is 0 Å². The van der Waals surface area contributed by atoms with E-state index >= 15 is 0 Å². The van der Waals surface area contributed by atoms with Crippen LogP contribution in [-0.4, -0.2) is 15.0 Å². The Bertz CT molecular complexity index is 3170. The maximum absolute atomic E-state index is 6.27. The van der Waals surface area contributed by atoms with Crippen LogP contribution >= 0.6 is 0 Å². The Morgan fingerprint density at radius 3 is 1.62 bits per heavy atom. The van der Waals surface area contributed by atoms with Gasteiger partial charge in [0.15, 0.2) is 17.5 Å². The Kier molecular flexibility index (Phi) is 6.52. The number of nitrogens with zero attached hydrogens (tertiary/aromatic N) is 3. The summed E-state index contributed by atoms with van der Waals surface area (Å²) in [6.45, 7) is 0. The van der Waals surface area contributed by atoms with Crippen molar-refractivity contribution in [1.29, 1.82) is 0 Å². The van der Waals surface area contributed by atoms with E-state index in [0.29, 0.717) is 17.5 Å². The summed E-state index contributed by atoms with van der Waals surface area (Å²) < 4.78 is 6.27. The minimum absolute atomic E-state index is 0.404. The first-order valence-corrected chi connectivity index (χ1v) is 19.0. The third kappa shape index (κ3) is 4.27. The third-order valence-electron chi connectivity index (χ3n) is 11.8. The van der Waals surface area contributed by atoms with Gasteiger partial charge in [0.1, 0.15) is 11.2 Å². The van der Waals surface area contributed by atoms with Crippen molar-refractivity contribution in [3.05, 3.63) is 210 Å². The maximum atomic E-state index is 6.27. The van der Waals surface area contributed by atoms with Crippen molar-refractivity contribution in [2.75, 3.05) is 0 Å². The van der Waals surface area contributed by atoms with Crippen molar-refractivity contribution in [1.82, 2.24) is 15.0 Å². The van der Waals surface area contributed by atoms with E-state index < -0.39 is 5.41 Å². The normalized spacial score (nSPS) is 13.1. The molecule has 0 aliphatic heterocycles. The van der Waals surface area contributed by atoms with Gasteiger partial charge in [-0.2, -0.15) is 0 Å². The zero-order chi connectivity index (χ0) is 36.8. The number of rotatable bonds is 4. The van der Waals surface area contributed by atoms with Crippen LogP contribution in [0.1, 0.15) is 22.3 Å². The average Bonchev–Trinajstić information content (AvgIpc) is 3.91. The molecular formula is C52H31N3O. The van der Waals surface area contributed by atoms with Crippen LogP contribution in [0.25, 0.3) is 89.5 Å². The van der Waals surface area contributed by atoms with Crippen molar-refractivity contribution >= 4 is 21.9 Å². The van der Waals surface area contributed by atoms with Crippen LogP contribution in [0.3, 0.4) is 0 Å². The fraction of sp³-hybridized carbons (Fsp3) is 0.0192. The summed E-state index contributed by atoms with van der Waals surface area (Å²) in [6, 6.07) is 66.7. The molecule has 12 rings (SSSR count). The molecule has 0 N–H and O–H groups in total. The van der Waals surface area contributed by atoms with E-state index in [4.69, 9.17) is 19.4 Å². The molecule has 4 heteroatoms. The molecule has 2 aliphatic rings. The van der Waals surface area contributed by atoms with Gasteiger partial charge in [-0.15, -0.1) is 0 Å². The molecule has 0 radical (unpaired) electrons. The van der Waals surface area contributed by atoms with Gasteiger partial charge in [-0.05, 0) is 73.8 Å². The fourth-order valence-electron chi connectivity index (χ4n) is 9.51. The second-order valence-electron chi connectivity index (χ2n) is 14.6. The zero-order valence-electron chi connectivity index (χ0n) is 30.1. The van der Waals surface area contributed by atoms with Crippen molar-refractivity contribution in [3.8, 4) is 67.5 Å². The van der Waals surface area contributed by atoms with E-state index in [0.717, 1.165) is 44.2 Å². The highest BCUT2D eigenvalue weighted by molar-refractivity contribution is 6.11. The van der Waals surface area contributed by atoms with Crippen LogP contribution in [0, 0.1) is 0 Å². The van der Waals surface area contributed by atoms with Crippen molar-refractivity contribution < 1.29 is 4.42 Å². The highest BCUT2D eigenvalue weighted by Crippen LogP contribution is 2.63. The summed E-state index contributed by atoms with van der Waals surface area (Å²) in [7, 11) is 0.